The molecule has 15 heavy (non-hydrogen) atoms. The van der Waals surface area contributed by atoms with Crippen LogP contribution in [0.4, 0.5) is 5.82 Å². The first-order valence-electron chi connectivity index (χ1n) is 5.02. The van der Waals surface area contributed by atoms with E-state index in [9.17, 15) is 0 Å². The highest BCUT2D eigenvalue weighted by atomic mass is 35.5. The number of halogens is 1. The Morgan fingerprint density at radius 3 is 2.40 bits per heavy atom. The molecular formula is C10H14ClN3S. The van der Waals surface area contributed by atoms with E-state index >= 15 is 0 Å². The van der Waals surface area contributed by atoms with Crippen molar-refractivity contribution in [2.45, 2.75) is 13.8 Å². The Labute approximate surface area is 99.2 Å². The van der Waals surface area contributed by atoms with Gasteiger partial charge in [0.1, 0.15) is 0 Å². The summed E-state index contributed by atoms with van der Waals surface area (Å²) >= 11 is 8.09. The standard InChI is InChI=1S/C10H14ClN3S/c1-7-8(2)13-10(9(11)12-7)14-3-5-15-6-4-14/h3-6H2,1-2H3. The van der Waals surface area contributed by atoms with E-state index in [-0.39, 0.29) is 0 Å². The Balaban J connectivity index is 2.30. The zero-order valence-electron chi connectivity index (χ0n) is 8.96. The first-order chi connectivity index (χ1) is 7.18. The molecule has 0 N–H and O–H groups in total. The summed E-state index contributed by atoms with van der Waals surface area (Å²) in [6.45, 7) is 5.94. The molecule has 3 nitrogen and oxygen atoms in total. The monoisotopic (exact) mass is 243 g/mol. The van der Waals surface area contributed by atoms with E-state index in [1.54, 1.807) is 0 Å². The molecule has 0 amide bonds. The quantitative estimate of drug-likeness (QED) is 0.757. The molecule has 0 unspecified atom stereocenters. The fourth-order valence-corrected chi connectivity index (χ4v) is 2.73. The molecule has 0 bridgehead atoms. The van der Waals surface area contributed by atoms with E-state index in [2.05, 4.69) is 14.9 Å². The van der Waals surface area contributed by atoms with Crippen molar-refractivity contribution in [1.29, 1.82) is 0 Å². The molecule has 2 rings (SSSR count). The second kappa shape index (κ2) is 4.58. The van der Waals surface area contributed by atoms with Crippen LogP contribution >= 0.6 is 23.4 Å². The van der Waals surface area contributed by atoms with Crippen LogP contribution in [0.25, 0.3) is 0 Å². The topological polar surface area (TPSA) is 29.0 Å². The van der Waals surface area contributed by atoms with Crippen LogP contribution in [0.15, 0.2) is 0 Å². The van der Waals surface area contributed by atoms with Gasteiger partial charge < -0.3 is 4.90 Å². The Bertz CT molecular complexity index is 364. The van der Waals surface area contributed by atoms with Crippen LogP contribution in [0.1, 0.15) is 11.4 Å². The van der Waals surface area contributed by atoms with Crippen molar-refractivity contribution < 1.29 is 0 Å². The molecule has 0 aromatic carbocycles. The van der Waals surface area contributed by atoms with Crippen molar-refractivity contribution in [1.82, 2.24) is 9.97 Å². The number of hydrogen-bond donors (Lipinski definition) is 0. The maximum absolute atomic E-state index is 6.11. The largest absolute Gasteiger partial charge is 0.352 e. The molecule has 0 atom stereocenters. The lowest BCUT2D eigenvalue weighted by molar-refractivity contribution is 0.825. The van der Waals surface area contributed by atoms with Crippen LogP contribution in [-0.2, 0) is 0 Å². The van der Waals surface area contributed by atoms with Gasteiger partial charge >= 0.3 is 0 Å². The summed E-state index contributed by atoms with van der Waals surface area (Å²) in [5.74, 6) is 3.13. The third-order valence-electron chi connectivity index (χ3n) is 2.56. The van der Waals surface area contributed by atoms with E-state index in [0.29, 0.717) is 5.15 Å². The molecule has 1 saturated heterocycles. The van der Waals surface area contributed by atoms with Crippen molar-refractivity contribution in [3.63, 3.8) is 0 Å². The van der Waals surface area contributed by atoms with Gasteiger partial charge in [-0.1, -0.05) is 11.6 Å². The molecule has 1 aromatic heterocycles. The molecule has 2 heterocycles. The number of anilines is 1. The molecular weight excluding hydrogens is 230 g/mol. The van der Waals surface area contributed by atoms with Crippen molar-refractivity contribution in [3.05, 3.63) is 16.5 Å². The van der Waals surface area contributed by atoms with E-state index < -0.39 is 0 Å². The minimum Gasteiger partial charge on any atom is -0.352 e. The number of nitrogens with zero attached hydrogens (tertiary/aromatic N) is 3. The maximum atomic E-state index is 6.11. The third kappa shape index (κ3) is 2.37. The van der Waals surface area contributed by atoms with E-state index in [4.69, 9.17) is 11.6 Å². The van der Waals surface area contributed by atoms with Crippen molar-refractivity contribution in [2.75, 3.05) is 29.5 Å². The van der Waals surface area contributed by atoms with Gasteiger partial charge in [-0.05, 0) is 13.8 Å². The molecule has 5 heteroatoms. The second-order valence-electron chi connectivity index (χ2n) is 3.61. The lowest BCUT2D eigenvalue weighted by Crippen LogP contribution is -2.33. The molecule has 1 fully saturated rings. The van der Waals surface area contributed by atoms with Crippen LogP contribution < -0.4 is 4.90 Å². The summed E-state index contributed by atoms with van der Waals surface area (Å²) < 4.78 is 0. The van der Waals surface area contributed by atoms with E-state index in [0.717, 1.165) is 41.8 Å². The maximum Gasteiger partial charge on any atom is 0.171 e. The minimum atomic E-state index is 0.532. The smallest absolute Gasteiger partial charge is 0.171 e. The van der Waals surface area contributed by atoms with Gasteiger partial charge in [-0.2, -0.15) is 11.8 Å². The molecule has 1 aromatic rings. The Kier molecular flexibility index (Phi) is 3.36. The zero-order chi connectivity index (χ0) is 10.8. The van der Waals surface area contributed by atoms with Crippen molar-refractivity contribution in [2.24, 2.45) is 0 Å². The van der Waals surface area contributed by atoms with Gasteiger partial charge in [-0.3, -0.25) is 0 Å². The van der Waals surface area contributed by atoms with Gasteiger partial charge in [0, 0.05) is 24.6 Å². The fourth-order valence-electron chi connectivity index (χ4n) is 1.54. The fraction of sp³-hybridized carbons (Fsp3) is 0.600. The van der Waals surface area contributed by atoms with Gasteiger partial charge in [0.25, 0.3) is 0 Å². The predicted molar refractivity (Wildman–Crippen MR) is 66.1 cm³/mol. The highest BCUT2D eigenvalue weighted by molar-refractivity contribution is 7.99. The summed E-state index contributed by atoms with van der Waals surface area (Å²) in [6, 6.07) is 0. The zero-order valence-corrected chi connectivity index (χ0v) is 10.5. The van der Waals surface area contributed by atoms with Crippen LogP contribution in [0.2, 0.25) is 5.15 Å². The van der Waals surface area contributed by atoms with Gasteiger partial charge in [-0.25, -0.2) is 9.97 Å². The SMILES string of the molecule is Cc1nc(Cl)c(N2CCSCC2)nc1C. The molecule has 0 radical (unpaired) electrons. The number of aryl methyl sites for hydroxylation is 2. The van der Waals surface area contributed by atoms with Crippen molar-refractivity contribution >= 4 is 29.2 Å². The average molecular weight is 244 g/mol. The molecule has 0 aliphatic carbocycles. The molecule has 82 valence electrons. The van der Waals surface area contributed by atoms with Crippen LogP contribution in [0, 0.1) is 13.8 Å². The normalized spacial score (nSPS) is 16.9. The summed E-state index contributed by atoms with van der Waals surface area (Å²) in [5.41, 5.74) is 1.88. The van der Waals surface area contributed by atoms with E-state index in [1.165, 1.54) is 0 Å². The average Bonchev–Trinajstić information content (AvgIpc) is 2.25. The number of rotatable bonds is 1. The lowest BCUT2D eigenvalue weighted by Gasteiger charge is -2.28. The predicted octanol–water partition coefficient (Wildman–Crippen LogP) is 2.30. The van der Waals surface area contributed by atoms with Crippen molar-refractivity contribution in [3.8, 4) is 0 Å². The Morgan fingerprint density at radius 2 is 1.73 bits per heavy atom. The minimum absolute atomic E-state index is 0.532. The Morgan fingerprint density at radius 1 is 1.13 bits per heavy atom. The summed E-state index contributed by atoms with van der Waals surface area (Å²) in [5, 5.41) is 0.532. The van der Waals surface area contributed by atoms with Gasteiger partial charge in [0.2, 0.25) is 0 Å². The first-order valence-corrected chi connectivity index (χ1v) is 6.55. The third-order valence-corrected chi connectivity index (χ3v) is 3.75. The second-order valence-corrected chi connectivity index (χ2v) is 5.19. The number of hydrogen-bond acceptors (Lipinski definition) is 4. The van der Waals surface area contributed by atoms with Gasteiger partial charge in [0.05, 0.1) is 11.4 Å². The summed E-state index contributed by atoms with van der Waals surface area (Å²) in [6.07, 6.45) is 0. The number of thioether (sulfide) groups is 1. The highest BCUT2D eigenvalue weighted by Crippen LogP contribution is 2.25. The molecule has 0 spiro atoms. The summed E-state index contributed by atoms with van der Waals surface area (Å²) in [7, 11) is 0. The highest BCUT2D eigenvalue weighted by Gasteiger charge is 2.17. The summed E-state index contributed by atoms with van der Waals surface area (Å²) in [4.78, 5) is 11.0. The van der Waals surface area contributed by atoms with Crippen LogP contribution in [-0.4, -0.2) is 34.6 Å². The molecule has 1 aliphatic heterocycles. The van der Waals surface area contributed by atoms with Gasteiger partial charge in [0.15, 0.2) is 11.0 Å². The van der Waals surface area contributed by atoms with E-state index in [1.807, 2.05) is 25.6 Å². The van der Waals surface area contributed by atoms with Gasteiger partial charge in [-0.15, -0.1) is 0 Å². The molecule has 1 aliphatic rings. The number of aromatic nitrogens is 2. The molecule has 0 saturated carbocycles. The Hall–Kier alpha value is -0.480. The first kappa shape index (κ1) is 11.0. The lowest BCUT2D eigenvalue weighted by atomic mass is 10.3. The van der Waals surface area contributed by atoms with Crippen LogP contribution in [0.3, 0.4) is 0 Å². The van der Waals surface area contributed by atoms with Crippen LogP contribution in [0.5, 0.6) is 0 Å².